The maximum atomic E-state index is 12.6. The fourth-order valence-corrected chi connectivity index (χ4v) is 3.65. The summed E-state index contributed by atoms with van der Waals surface area (Å²) < 4.78 is 0. The number of carbonyl (C=O) groups is 3. The number of hydrogen-bond donors (Lipinski definition) is 1. The van der Waals surface area contributed by atoms with Gasteiger partial charge in [0.05, 0.1) is 10.9 Å². The van der Waals surface area contributed by atoms with Gasteiger partial charge in [-0.1, -0.05) is 12.1 Å². The number of nitrogens with two attached hydrogens (primary N) is 1. The van der Waals surface area contributed by atoms with Crippen LogP contribution in [-0.4, -0.2) is 22.8 Å². The summed E-state index contributed by atoms with van der Waals surface area (Å²) in [5, 5.41) is -0.491. The summed E-state index contributed by atoms with van der Waals surface area (Å²) >= 11 is 1.30. The second kappa shape index (κ2) is 6.49. The Kier molecular flexibility index (Phi) is 4.40. The highest BCUT2D eigenvalue weighted by atomic mass is 32.2. The lowest BCUT2D eigenvalue weighted by molar-refractivity contribution is -0.121. The zero-order chi connectivity index (χ0) is 17.3. The Labute approximate surface area is 143 Å². The standard InChI is InChI=1S/C18H16N2O3S/c1-11(21)12-6-8-13(9-7-12)20-17(22)10-16(18(20)23)24-15-5-3-2-4-14(15)19/h2-9,16H,10,19H2,1H3/t16-/m0/s1. The van der Waals surface area contributed by atoms with E-state index in [1.165, 1.54) is 23.6 Å². The van der Waals surface area contributed by atoms with Gasteiger partial charge in [0.25, 0.3) is 0 Å². The van der Waals surface area contributed by atoms with Crippen molar-refractivity contribution in [3.05, 3.63) is 54.1 Å². The van der Waals surface area contributed by atoms with E-state index in [4.69, 9.17) is 5.73 Å². The maximum absolute atomic E-state index is 12.6. The lowest BCUT2D eigenvalue weighted by Gasteiger charge is -2.15. The van der Waals surface area contributed by atoms with E-state index in [2.05, 4.69) is 0 Å². The molecule has 1 fully saturated rings. The highest BCUT2D eigenvalue weighted by molar-refractivity contribution is 8.00. The first-order chi connectivity index (χ1) is 11.5. The average Bonchev–Trinajstić information content (AvgIpc) is 2.84. The lowest BCUT2D eigenvalue weighted by atomic mass is 10.1. The molecule has 1 aliphatic heterocycles. The van der Waals surface area contributed by atoms with Crippen LogP contribution in [0.3, 0.4) is 0 Å². The first kappa shape index (κ1) is 16.3. The predicted octanol–water partition coefficient (Wildman–Crippen LogP) is 2.90. The molecule has 0 saturated carbocycles. The van der Waals surface area contributed by atoms with Crippen LogP contribution in [-0.2, 0) is 9.59 Å². The molecule has 24 heavy (non-hydrogen) atoms. The van der Waals surface area contributed by atoms with Gasteiger partial charge in [-0.3, -0.25) is 14.4 Å². The van der Waals surface area contributed by atoms with E-state index >= 15 is 0 Å². The molecule has 6 heteroatoms. The Morgan fingerprint density at radius 3 is 2.42 bits per heavy atom. The smallest absolute Gasteiger partial charge is 0.247 e. The second-order valence-corrected chi connectivity index (χ2v) is 6.76. The third-order valence-corrected chi connectivity index (χ3v) is 5.10. The summed E-state index contributed by atoms with van der Waals surface area (Å²) in [6.07, 6.45) is 0.131. The zero-order valence-corrected chi connectivity index (χ0v) is 13.9. The number of ketones is 1. The summed E-state index contributed by atoms with van der Waals surface area (Å²) in [6, 6.07) is 13.8. The van der Waals surface area contributed by atoms with Gasteiger partial charge in [-0.2, -0.15) is 0 Å². The number of hydrogen-bond acceptors (Lipinski definition) is 5. The van der Waals surface area contributed by atoms with E-state index in [1.807, 2.05) is 18.2 Å². The summed E-state index contributed by atoms with van der Waals surface area (Å²) in [7, 11) is 0. The van der Waals surface area contributed by atoms with Gasteiger partial charge in [0, 0.05) is 22.6 Å². The molecule has 0 spiro atoms. The largest absolute Gasteiger partial charge is 0.398 e. The van der Waals surface area contributed by atoms with Crippen molar-refractivity contribution in [1.82, 2.24) is 0 Å². The molecule has 0 aromatic heterocycles. The molecule has 2 aromatic rings. The molecule has 5 nitrogen and oxygen atoms in total. The van der Waals surface area contributed by atoms with E-state index in [-0.39, 0.29) is 24.0 Å². The highest BCUT2D eigenvalue weighted by Gasteiger charge is 2.40. The summed E-state index contributed by atoms with van der Waals surface area (Å²) in [5.74, 6) is -0.569. The van der Waals surface area contributed by atoms with Crippen LogP contribution in [0.5, 0.6) is 0 Å². The first-order valence-corrected chi connectivity index (χ1v) is 8.34. The van der Waals surface area contributed by atoms with E-state index in [1.54, 1.807) is 30.3 Å². The van der Waals surface area contributed by atoms with E-state index < -0.39 is 5.25 Å². The Morgan fingerprint density at radius 1 is 1.12 bits per heavy atom. The number of rotatable bonds is 4. The predicted molar refractivity (Wildman–Crippen MR) is 94.1 cm³/mol. The van der Waals surface area contributed by atoms with Crippen molar-refractivity contribution in [1.29, 1.82) is 0 Å². The molecule has 3 rings (SSSR count). The van der Waals surface area contributed by atoms with Crippen molar-refractivity contribution < 1.29 is 14.4 Å². The number of imide groups is 1. The number of thioether (sulfide) groups is 1. The molecule has 1 atom stereocenters. The van der Waals surface area contributed by atoms with Gasteiger partial charge in [-0.25, -0.2) is 4.90 Å². The number of carbonyl (C=O) groups excluding carboxylic acids is 3. The first-order valence-electron chi connectivity index (χ1n) is 7.46. The molecule has 0 bridgehead atoms. The van der Waals surface area contributed by atoms with Gasteiger partial charge in [-0.05, 0) is 43.3 Å². The minimum absolute atomic E-state index is 0.0615. The number of nitrogen functional groups attached to an aromatic ring is 1. The summed E-state index contributed by atoms with van der Waals surface area (Å²) in [4.78, 5) is 38.2. The molecule has 1 aliphatic rings. The topological polar surface area (TPSA) is 80.5 Å². The Morgan fingerprint density at radius 2 is 1.79 bits per heavy atom. The minimum Gasteiger partial charge on any atom is -0.398 e. The van der Waals surface area contributed by atoms with E-state index in [0.717, 1.165) is 4.90 Å². The van der Waals surface area contributed by atoms with Crippen LogP contribution in [0.1, 0.15) is 23.7 Å². The minimum atomic E-state index is -0.491. The van der Waals surface area contributed by atoms with Crippen molar-refractivity contribution in [3.8, 4) is 0 Å². The third kappa shape index (κ3) is 3.05. The Hall–Kier alpha value is -2.60. The van der Waals surface area contributed by atoms with Crippen LogP contribution in [0.25, 0.3) is 0 Å². The van der Waals surface area contributed by atoms with Gasteiger partial charge in [0.2, 0.25) is 11.8 Å². The quantitative estimate of drug-likeness (QED) is 0.526. The third-order valence-electron chi connectivity index (χ3n) is 3.83. The number of para-hydroxylation sites is 1. The Balaban J connectivity index is 1.81. The van der Waals surface area contributed by atoms with Crippen LogP contribution in [0.2, 0.25) is 0 Å². The van der Waals surface area contributed by atoms with Gasteiger partial charge in [0.15, 0.2) is 5.78 Å². The molecule has 2 N–H and O–H groups in total. The van der Waals surface area contributed by atoms with E-state index in [0.29, 0.717) is 16.9 Å². The van der Waals surface area contributed by atoms with Crippen molar-refractivity contribution in [3.63, 3.8) is 0 Å². The van der Waals surface area contributed by atoms with Crippen LogP contribution in [0, 0.1) is 0 Å². The monoisotopic (exact) mass is 340 g/mol. The average molecular weight is 340 g/mol. The fourth-order valence-electron chi connectivity index (χ4n) is 2.55. The number of anilines is 2. The Bertz CT molecular complexity index is 817. The lowest BCUT2D eigenvalue weighted by Crippen LogP contribution is -2.31. The van der Waals surface area contributed by atoms with Gasteiger partial charge in [-0.15, -0.1) is 11.8 Å². The molecule has 122 valence electrons. The summed E-state index contributed by atoms with van der Waals surface area (Å²) in [5.41, 5.74) is 7.52. The molecule has 2 aromatic carbocycles. The molecule has 0 aliphatic carbocycles. The maximum Gasteiger partial charge on any atom is 0.247 e. The van der Waals surface area contributed by atoms with Crippen molar-refractivity contribution in [2.24, 2.45) is 0 Å². The summed E-state index contributed by atoms with van der Waals surface area (Å²) in [6.45, 7) is 1.47. The van der Waals surface area contributed by atoms with Crippen LogP contribution in [0.15, 0.2) is 53.4 Å². The normalized spacial score (nSPS) is 17.4. The molecule has 0 radical (unpaired) electrons. The number of benzene rings is 2. The van der Waals surface area contributed by atoms with Gasteiger partial charge >= 0.3 is 0 Å². The second-order valence-electron chi connectivity index (χ2n) is 5.52. The van der Waals surface area contributed by atoms with Gasteiger partial charge < -0.3 is 5.73 Å². The number of Topliss-reactive ketones (excluding diaryl/α,β-unsaturated/α-hetero) is 1. The van der Waals surface area contributed by atoms with Crippen LogP contribution in [0.4, 0.5) is 11.4 Å². The molecular weight excluding hydrogens is 324 g/mol. The molecule has 1 heterocycles. The number of amides is 2. The van der Waals surface area contributed by atoms with E-state index in [9.17, 15) is 14.4 Å². The van der Waals surface area contributed by atoms with Crippen LogP contribution >= 0.6 is 11.8 Å². The van der Waals surface area contributed by atoms with Crippen molar-refractivity contribution in [2.75, 3.05) is 10.6 Å². The molecular formula is C18H16N2O3S. The molecule has 0 unspecified atom stereocenters. The SMILES string of the molecule is CC(=O)c1ccc(N2C(=O)C[C@H](Sc3ccccc3N)C2=O)cc1. The molecule has 1 saturated heterocycles. The highest BCUT2D eigenvalue weighted by Crippen LogP contribution is 2.36. The van der Waals surface area contributed by atoms with Crippen LogP contribution < -0.4 is 10.6 Å². The zero-order valence-electron chi connectivity index (χ0n) is 13.1. The molecule has 2 amide bonds. The van der Waals surface area contributed by atoms with Crippen molar-refractivity contribution >= 4 is 40.7 Å². The number of nitrogens with zero attached hydrogens (tertiary/aromatic N) is 1. The van der Waals surface area contributed by atoms with Gasteiger partial charge in [0.1, 0.15) is 0 Å². The fraction of sp³-hybridized carbons (Fsp3) is 0.167. The van der Waals surface area contributed by atoms with Crippen molar-refractivity contribution in [2.45, 2.75) is 23.5 Å².